The summed E-state index contributed by atoms with van der Waals surface area (Å²) < 4.78 is 4.51. The number of carbonyl (C=O) groups excluding carboxylic acids is 2. The number of para-hydroxylation sites is 1. The molecule has 0 aliphatic carbocycles. The molecular formula is C28H23BrN4O7. The lowest BCUT2D eigenvalue weighted by molar-refractivity contribution is -0.385. The molecule has 40 heavy (non-hydrogen) atoms. The molecule has 0 spiro atoms. The maximum absolute atomic E-state index is 12.6. The van der Waals surface area contributed by atoms with Crippen molar-refractivity contribution >= 4 is 50.1 Å². The van der Waals surface area contributed by atoms with Gasteiger partial charge in [0.15, 0.2) is 0 Å². The second-order valence-electron chi connectivity index (χ2n) is 8.73. The lowest BCUT2D eigenvalue weighted by Gasteiger charge is -2.15. The number of pyridine rings is 1. The molecule has 204 valence electrons. The Balaban J connectivity index is 0.000000212. The number of rotatable bonds is 7. The first-order valence-corrected chi connectivity index (χ1v) is 13.2. The Morgan fingerprint density at radius 1 is 0.975 bits per heavy atom. The Bertz CT molecular complexity index is 1630. The van der Waals surface area contributed by atoms with Crippen molar-refractivity contribution in [2.45, 2.75) is 18.3 Å². The fourth-order valence-corrected chi connectivity index (χ4v) is 4.89. The average molecular weight is 607 g/mol. The highest BCUT2D eigenvalue weighted by Gasteiger charge is 2.34. The van der Waals surface area contributed by atoms with E-state index in [-0.39, 0.29) is 28.4 Å². The molecule has 1 aromatic heterocycles. The van der Waals surface area contributed by atoms with Crippen molar-refractivity contribution in [2.75, 3.05) is 13.7 Å². The number of nitro benzene ring substituents is 2. The van der Waals surface area contributed by atoms with E-state index in [1.807, 2.05) is 36.4 Å². The highest BCUT2D eigenvalue weighted by Crippen LogP contribution is 2.30. The number of amides is 1. The molecule has 1 amide bonds. The summed E-state index contributed by atoms with van der Waals surface area (Å²) in [6.45, 7) is 0.888. The normalized spacial score (nSPS) is 11.9. The second-order valence-corrected chi connectivity index (χ2v) is 9.29. The van der Waals surface area contributed by atoms with Gasteiger partial charge >= 0.3 is 5.97 Å². The number of benzene rings is 3. The van der Waals surface area contributed by atoms with E-state index in [2.05, 4.69) is 25.7 Å². The van der Waals surface area contributed by atoms with Crippen LogP contribution in [0.1, 0.15) is 37.5 Å². The van der Waals surface area contributed by atoms with Crippen molar-refractivity contribution < 1.29 is 24.2 Å². The van der Waals surface area contributed by atoms with Gasteiger partial charge in [-0.1, -0.05) is 64.5 Å². The van der Waals surface area contributed by atoms with Crippen molar-refractivity contribution in [3.63, 3.8) is 0 Å². The third-order valence-electron chi connectivity index (χ3n) is 6.34. The summed E-state index contributed by atoms with van der Waals surface area (Å²) in [5, 5.41) is 23.3. The molecule has 4 aromatic rings. The molecular weight excluding hydrogens is 584 g/mol. The minimum atomic E-state index is -0.697. The van der Waals surface area contributed by atoms with Crippen LogP contribution in [0.15, 0.2) is 72.8 Å². The molecule has 0 atom stereocenters. The maximum Gasteiger partial charge on any atom is 0.345 e. The lowest BCUT2D eigenvalue weighted by Crippen LogP contribution is -2.26. The van der Waals surface area contributed by atoms with E-state index in [1.54, 1.807) is 23.1 Å². The van der Waals surface area contributed by atoms with Crippen LogP contribution in [-0.4, -0.2) is 45.3 Å². The summed E-state index contributed by atoms with van der Waals surface area (Å²) >= 11 is 3.16. The van der Waals surface area contributed by atoms with Crippen molar-refractivity contribution in [1.82, 2.24) is 9.88 Å². The minimum Gasteiger partial charge on any atom is -0.465 e. The number of carbonyl (C=O) groups is 2. The highest BCUT2D eigenvalue weighted by molar-refractivity contribution is 9.08. The summed E-state index contributed by atoms with van der Waals surface area (Å²) in [4.78, 5) is 50.9. The van der Waals surface area contributed by atoms with Gasteiger partial charge in [-0.05, 0) is 23.3 Å². The summed E-state index contributed by atoms with van der Waals surface area (Å²) in [6, 6.07) is 21.1. The van der Waals surface area contributed by atoms with Crippen LogP contribution in [0.4, 0.5) is 11.4 Å². The molecule has 0 fully saturated rings. The van der Waals surface area contributed by atoms with Crippen LogP contribution >= 0.6 is 15.9 Å². The molecule has 0 bridgehead atoms. The fraction of sp³-hybridized carbons (Fsp3) is 0.179. The molecule has 1 aliphatic rings. The van der Waals surface area contributed by atoms with Crippen LogP contribution in [0.3, 0.4) is 0 Å². The number of aromatic nitrogens is 1. The number of halogens is 1. The number of nitro groups is 2. The third-order valence-corrected chi connectivity index (χ3v) is 6.94. The Kier molecular flexibility index (Phi) is 8.80. The van der Waals surface area contributed by atoms with Gasteiger partial charge in [-0.25, -0.2) is 4.79 Å². The van der Waals surface area contributed by atoms with Crippen molar-refractivity contribution in [2.24, 2.45) is 0 Å². The molecule has 0 unspecified atom stereocenters. The minimum absolute atomic E-state index is 0.00174. The van der Waals surface area contributed by atoms with Gasteiger partial charge in [-0.2, -0.15) is 0 Å². The van der Waals surface area contributed by atoms with Crippen LogP contribution in [0, 0.1) is 20.2 Å². The first-order chi connectivity index (χ1) is 19.2. The van der Waals surface area contributed by atoms with E-state index in [0.29, 0.717) is 36.0 Å². The number of methoxy groups -OCH3 is 1. The molecule has 1 aliphatic heterocycles. The quantitative estimate of drug-likeness (QED) is 0.114. The van der Waals surface area contributed by atoms with Crippen LogP contribution in [-0.2, 0) is 23.0 Å². The van der Waals surface area contributed by atoms with Crippen LogP contribution in [0.25, 0.3) is 10.9 Å². The first-order valence-electron chi connectivity index (χ1n) is 12.1. The van der Waals surface area contributed by atoms with Crippen LogP contribution in [0.5, 0.6) is 0 Å². The Morgan fingerprint density at radius 2 is 1.68 bits per heavy atom. The first kappa shape index (κ1) is 28.3. The van der Waals surface area contributed by atoms with Crippen molar-refractivity contribution in [1.29, 1.82) is 0 Å². The zero-order valence-corrected chi connectivity index (χ0v) is 22.9. The summed E-state index contributed by atoms with van der Waals surface area (Å²) in [7, 11) is 1.19. The summed E-state index contributed by atoms with van der Waals surface area (Å²) in [5.74, 6) is -0.972. The Hall–Kier alpha value is -4.71. The average Bonchev–Trinajstić information content (AvgIpc) is 3.30. The standard InChI is InChI=1S/C19H15N3O3.C9H8BrNO4/c23-19-18-14(5-3-7-17(18)22(24)25)12-21(19)11-10-15-9-8-13-4-1-2-6-16(13)20-15;1-15-9(12)8-6(5-10)3-2-4-7(8)11(13)14/h1-9H,10-12H2;2-4H,5H2,1H3. The van der Waals surface area contributed by atoms with Gasteiger partial charge in [-0.15, -0.1) is 0 Å². The molecule has 12 heteroatoms. The van der Waals surface area contributed by atoms with Gasteiger partial charge in [0.25, 0.3) is 17.3 Å². The second kappa shape index (κ2) is 12.4. The van der Waals surface area contributed by atoms with E-state index >= 15 is 0 Å². The van der Waals surface area contributed by atoms with Crippen molar-refractivity contribution in [3.8, 4) is 0 Å². The van der Waals surface area contributed by atoms with Gasteiger partial charge in [0, 0.05) is 48.1 Å². The van der Waals surface area contributed by atoms with Gasteiger partial charge < -0.3 is 9.64 Å². The largest absolute Gasteiger partial charge is 0.465 e. The Labute approximate surface area is 236 Å². The van der Waals surface area contributed by atoms with Gasteiger partial charge in [0.2, 0.25) is 0 Å². The number of nitrogens with zero attached hydrogens (tertiary/aromatic N) is 4. The number of hydrogen-bond donors (Lipinski definition) is 0. The SMILES string of the molecule is COC(=O)c1c(CBr)cccc1[N+](=O)[O-].O=C1c2c(cccc2[N+](=O)[O-])CN1CCc1ccc2ccccc2n1. The van der Waals surface area contributed by atoms with E-state index < -0.39 is 15.8 Å². The fourth-order valence-electron chi connectivity index (χ4n) is 4.42. The predicted octanol–water partition coefficient (Wildman–Crippen LogP) is 5.62. The molecule has 11 nitrogen and oxygen atoms in total. The van der Waals surface area contributed by atoms with E-state index in [9.17, 15) is 29.8 Å². The molecule has 2 heterocycles. The topological polar surface area (TPSA) is 146 Å². The zero-order chi connectivity index (χ0) is 28.8. The van der Waals surface area contributed by atoms with Crippen LogP contribution in [0.2, 0.25) is 0 Å². The number of alkyl halides is 1. The number of fused-ring (bicyclic) bond motifs is 2. The molecule has 5 rings (SSSR count). The molecule has 0 N–H and O–H groups in total. The molecule has 3 aromatic carbocycles. The van der Waals surface area contributed by atoms with Crippen molar-refractivity contribution in [3.05, 3.63) is 121 Å². The summed E-state index contributed by atoms with van der Waals surface area (Å²) in [5.41, 5.74) is 2.94. The third kappa shape index (κ3) is 5.96. The van der Waals surface area contributed by atoms with Gasteiger partial charge in [-0.3, -0.25) is 30.0 Å². The van der Waals surface area contributed by atoms with Gasteiger partial charge in [0.05, 0.1) is 22.5 Å². The van der Waals surface area contributed by atoms with Crippen LogP contribution < -0.4 is 0 Å². The highest BCUT2D eigenvalue weighted by atomic mass is 79.9. The summed E-state index contributed by atoms with van der Waals surface area (Å²) in [6.07, 6.45) is 0.609. The Morgan fingerprint density at radius 3 is 2.38 bits per heavy atom. The van der Waals surface area contributed by atoms with Gasteiger partial charge in [0.1, 0.15) is 11.1 Å². The molecule has 0 saturated heterocycles. The van der Waals surface area contributed by atoms with E-state index in [4.69, 9.17) is 0 Å². The van der Waals surface area contributed by atoms with E-state index in [0.717, 1.165) is 16.6 Å². The number of hydrogen-bond acceptors (Lipinski definition) is 8. The smallest absolute Gasteiger partial charge is 0.345 e. The maximum atomic E-state index is 12.6. The monoisotopic (exact) mass is 606 g/mol. The molecule has 0 saturated carbocycles. The number of ether oxygens (including phenoxy) is 1. The number of esters is 1. The predicted molar refractivity (Wildman–Crippen MR) is 150 cm³/mol. The zero-order valence-electron chi connectivity index (χ0n) is 21.3. The lowest BCUT2D eigenvalue weighted by atomic mass is 10.1. The van der Waals surface area contributed by atoms with E-state index in [1.165, 1.54) is 25.3 Å². The molecule has 0 radical (unpaired) electrons.